The molecule has 0 radical (unpaired) electrons. The number of aryl methyl sites for hydroxylation is 1. The van der Waals surface area contributed by atoms with E-state index in [-0.39, 0.29) is 5.88 Å². The topological polar surface area (TPSA) is 34.1 Å². The third-order valence-electron chi connectivity index (χ3n) is 3.39. The van der Waals surface area contributed by atoms with Crippen LogP contribution in [0.1, 0.15) is 24.0 Å². The fourth-order valence-electron chi connectivity index (χ4n) is 2.00. The standard InChI is InChI=1S/C16H16ClFN2O/c1-10-2-5-13(17)14(8-10)21-16-15(18)11(6-7-19-16)9-20-12-3-4-12/h2,5-8,12,20H,3-4,9H2,1H3. The maximum Gasteiger partial charge on any atom is 0.256 e. The highest BCUT2D eigenvalue weighted by atomic mass is 35.5. The second-order valence-corrected chi connectivity index (χ2v) is 5.69. The van der Waals surface area contributed by atoms with Crippen molar-refractivity contribution in [3.63, 3.8) is 0 Å². The van der Waals surface area contributed by atoms with Gasteiger partial charge in [0.15, 0.2) is 5.82 Å². The maximum absolute atomic E-state index is 14.4. The number of benzene rings is 1. The highest BCUT2D eigenvalue weighted by Crippen LogP contribution is 2.31. The Hall–Kier alpha value is -1.65. The number of halogens is 2. The number of nitrogens with one attached hydrogen (secondary N) is 1. The van der Waals surface area contributed by atoms with Gasteiger partial charge >= 0.3 is 0 Å². The first kappa shape index (κ1) is 14.3. The molecule has 1 aromatic heterocycles. The van der Waals surface area contributed by atoms with E-state index in [1.807, 2.05) is 13.0 Å². The normalized spacial score (nSPS) is 14.2. The number of hydrogen-bond acceptors (Lipinski definition) is 3. The Balaban J connectivity index is 1.80. The van der Waals surface area contributed by atoms with Gasteiger partial charge in [-0.3, -0.25) is 0 Å². The number of ether oxygens (including phenoxy) is 1. The number of aromatic nitrogens is 1. The number of hydrogen-bond donors (Lipinski definition) is 1. The molecule has 0 saturated heterocycles. The minimum absolute atomic E-state index is 0.0439. The van der Waals surface area contributed by atoms with Gasteiger partial charge in [0.05, 0.1) is 5.02 Å². The van der Waals surface area contributed by atoms with Crippen molar-refractivity contribution in [2.24, 2.45) is 0 Å². The summed E-state index contributed by atoms with van der Waals surface area (Å²) in [7, 11) is 0. The molecule has 21 heavy (non-hydrogen) atoms. The molecule has 0 bridgehead atoms. The van der Waals surface area contributed by atoms with Crippen molar-refractivity contribution in [2.45, 2.75) is 32.4 Å². The third-order valence-corrected chi connectivity index (χ3v) is 3.70. The molecular formula is C16H16ClFN2O. The monoisotopic (exact) mass is 306 g/mol. The van der Waals surface area contributed by atoms with E-state index in [0.717, 1.165) is 18.4 Å². The van der Waals surface area contributed by atoms with E-state index in [1.54, 1.807) is 24.4 Å². The van der Waals surface area contributed by atoms with Crippen molar-refractivity contribution >= 4 is 11.6 Å². The lowest BCUT2D eigenvalue weighted by Crippen LogP contribution is -2.16. The van der Waals surface area contributed by atoms with E-state index < -0.39 is 5.82 Å². The van der Waals surface area contributed by atoms with Gasteiger partial charge in [-0.05, 0) is 43.5 Å². The fraction of sp³-hybridized carbons (Fsp3) is 0.312. The van der Waals surface area contributed by atoms with Crippen LogP contribution in [0.2, 0.25) is 5.02 Å². The van der Waals surface area contributed by atoms with Gasteiger partial charge in [-0.1, -0.05) is 17.7 Å². The maximum atomic E-state index is 14.4. The first-order valence-electron chi connectivity index (χ1n) is 6.94. The molecule has 0 amide bonds. The van der Waals surface area contributed by atoms with Crippen molar-refractivity contribution < 1.29 is 9.13 Å². The Bertz CT molecular complexity index is 659. The summed E-state index contributed by atoms with van der Waals surface area (Å²) in [6.07, 6.45) is 3.87. The average molecular weight is 307 g/mol. The quantitative estimate of drug-likeness (QED) is 0.897. The van der Waals surface area contributed by atoms with Crippen molar-refractivity contribution in [1.29, 1.82) is 0 Å². The summed E-state index contributed by atoms with van der Waals surface area (Å²) >= 11 is 6.06. The van der Waals surface area contributed by atoms with Crippen LogP contribution in [0.5, 0.6) is 11.6 Å². The van der Waals surface area contributed by atoms with Gasteiger partial charge < -0.3 is 10.1 Å². The number of nitrogens with zero attached hydrogens (tertiary/aromatic N) is 1. The summed E-state index contributed by atoms with van der Waals surface area (Å²) in [5, 5.41) is 3.71. The van der Waals surface area contributed by atoms with Crippen LogP contribution in [0.3, 0.4) is 0 Å². The Kier molecular flexibility index (Phi) is 4.08. The summed E-state index contributed by atoms with van der Waals surface area (Å²) in [5.41, 5.74) is 1.54. The van der Waals surface area contributed by atoms with Crippen molar-refractivity contribution in [2.75, 3.05) is 0 Å². The van der Waals surface area contributed by atoms with Crippen LogP contribution in [0.4, 0.5) is 4.39 Å². The first-order valence-corrected chi connectivity index (χ1v) is 7.32. The molecule has 1 saturated carbocycles. The van der Waals surface area contributed by atoms with E-state index in [9.17, 15) is 4.39 Å². The highest BCUT2D eigenvalue weighted by Gasteiger charge is 2.21. The molecule has 110 valence electrons. The Labute approximate surface area is 128 Å². The van der Waals surface area contributed by atoms with Crippen LogP contribution in [0.15, 0.2) is 30.5 Å². The predicted octanol–water partition coefficient (Wildman–Crippen LogP) is 4.23. The number of rotatable bonds is 5. The van der Waals surface area contributed by atoms with Crippen molar-refractivity contribution in [3.05, 3.63) is 52.4 Å². The molecule has 5 heteroatoms. The van der Waals surface area contributed by atoms with Crippen LogP contribution in [-0.2, 0) is 6.54 Å². The van der Waals surface area contributed by atoms with Gasteiger partial charge in [-0.2, -0.15) is 0 Å². The second kappa shape index (κ2) is 6.00. The Morgan fingerprint density at radius 2 is 2.19 bits per heavy atom. The molecule has 2 aromatic rings. The van der Waals surface area contributed by atoms with Crippen LogP contribution in [0.25, 0.3) is 0 Å². The van der Waals surface area contributed by atoms with Crippen LogP contribution in [0, 0.1) is 12.7 Å². The summed E-state index contributed by atoms with van der Waals surface area (Å²) in [6, 6.07) is 7.54. The molecule has 1 N–H and O–H groups in total. The van der Waals surface area contributed by atoms with Crippen molar-refractivity contribution in [1.82, 2.24) is 10.3 Å². The molecule has 1 aliphatic rings. The zero-order valence-electron chi connectivity index (χ0n) is 11.7. The molecule has 3 rings (SSSR count). The molecule has 3 nitrogen and oxygen atoms in total. The molecule has 1 aliphatic carbocycles. The molecule has 0 spiro atoms. The second-order valence-electron chi connectivity index (χ2n) is 5.28. The van der Waals surface area contributed by atoms with E-state index >= 15 is 0 Å². The Morgan fingerprint density at radius 3 is 2.95 bits per heavy atom. The van der Waals surface area contributed by atoms with Crippen molar-refractivity contribution in [3.8, 4) is 11.6 Å². The molecule has 1 aromatic carbocycles. The van der Waals surface area contributed by atoms with Crippen LogP contribution < -0.4 is 10.1 Å². The van der Waals surface area contributed by atoms with E-state index in [2.05, 4.69) is 10.3 Å². The van der Waals surface area contributed by atoms with E-state index in [1.165, 1.54) is 0 Å². The molecule has 0 unspecified atom stereocenters. The highest BCUT2D eigenvalue weighted by molar-refractivity contribution is 6.32. The first-order chi connectivity index (χ1) is 10.1. The lowest BCUT2D eigenvalue weighted by molar-refractivity contribution is 0.417. The largest absolute Gasteiger partial charge is 0.435 e. The third kappa shape index (κ3) is 3.52. The average Bonchev–Trinajstić information content (AvgIpc) is 3.28. The molecule has 1 fully saturated rings. The Morgan fingerprint density at radius 1 is 1.38 bits per heavy atom. The number of pyridine rings is 1. The zero-order chi connectivity index (χ0) is 14.8. The zero-order valence-corrected chi connectivity index (χ0v) is 12.5. The lowest BCUT2D eigenvalue weighted by atomic mass is 10.2. The van der Waals surface area contributed by atoms with Gasteiger partial charge in [0.1, 0.15) is 5.75 Å². The summed E-state index contributed by atoms with van der Waals surface area (Å²) in [4.78, 5) is 3.96. The molecular weight excluding hydrogens is 291 g/mol. The summed E-state index contributed by atoms with van der Waals surface area (Å²) in [6.45, 7) is 2.40. The molecule has 0 atom stereocenters. The predicted molar refractivity (Wildman–Crippen MR) is 80.3 cm³/mol. The van der Waals surface area contributed by atoms with Gasteiger partial charge in [0, 0.05) is 24.3 Å². The molecule has 0 aliphatic heterocycles. The van der Waals surface area contributed by atoms with E-state index in [4.69, 9.17) is 16.3 Å². The fourth-order valence-corrected chi connectivity index (χ4v) is 2.16. The summed E-state index contributed by atoms with van der Waals surface area (Å²) in [5.74, 6) is -0.0730. The minimum Gasteiger partial charge on any atom is -0.435 e. The van der Waals surface area contributed by atoms with E-state index in [0.29, 0.717) is 28.9 Å². The van der Waals surface area contributed by atoms with Gasteiger partial charge in [-0.15, -0.1) is 0 Å². The minimum atomic E-state index is -0.441. The van der Waals surface area contributed by atoms with Crippen LogP contribution in [-0.4, -0.2) is 11.0 Å². The smallest absolute Gasteiger partial charge is 0.256 e. The lowest BCUT2D eigenvalue weighted by Gasteiger charge is -2.11. The van der Waals surface area contributed by atoms with Gasteiger partial charge in [0.25, 0.3) is 5.88 Å². The molecule has 1 heterocycles. The van der Waals surface area contributed by atoms with Gasteiger partial charge in [0.2, 0.25) is 0 Å². The van der Waals surface area contributed by atoms with Gasteiger partial charge in [-0.25, -0.2) is 9.37 Å². The van der Waals surface area contributed by atoms with Crippen LogP contribution >= 0.6 is 11.6 Å². The SMILES string of the molecule is Cc1ccc(Cl)c(Oc2nccc(CNC3CC3)c2F)c1. The summed E-state index contributed by atoms with van der Waals surface area (Å²) < 4.78 is 19.9.